The van der Waals surface area contributed by atoms with Crippen LogP contribution in [-0.4, -0.2) is 0 Å². The van der Waals surface area contributed by atoms with Gasteiger partial charge in [0.1, 0.15) is 0 Å². The Morgan fingerprint density at radius 1 is 0.476 bits per heavy atom. The van der Waals surface area contributed by atoms with Crippen LogP contribution in [0.15, 0.2) is 0 Å². The molecule has 0 aliphatic heterocycles. The average molecular weight is 297 g/mol. The highest BCUT2D eigenvalue weighted by molar-refractivity contribution is 4.61. The van der Waals surface area contributed by atoms with Gasteiger partial charge in [0, 0.05) is 0 Å². The molecule has 0 nitrogen and oxygen atoms in total. The summed E-state index contributed by atoms with van der Waals surface area (Å²) in [7, 11) is 0. The lowest BCUT2D eigenvalue weighted by molar-refractivity contribution is 0.372. The maximum Gasteiger partial charge on any atom is -0.0414 e. The normalized spacial score (nSPS) is 13.0. The zero-order valence-electron chi connectivity index (χ0n) is 15.8. The quantitative estimate of drug-likeness (QED) is 0.252. The van der Waals surface area contributed by atoms with Crippen LogP contribution in [0, 0.1) is 11.8 Å². The summed E-state index contributed by atoms with van der Waals surface area (Å²) >= 11 is 0. The third-order valence-corrected chi connectivity index (χ3v) is 4.81. The highest BCUT2D eigenvalue weighted by Gasteiger charge is 2.07. The van der Waals surface area contributed by atoms with E-state index in [2.05, 4.69) is 27.7 Å². The van der Waals surface area contributed by atoms with Crippen molar-refractivity contribution >= 4 is 0 Å². The molecule has 0 aliphatic carbocycles. The van der Waals surface area contributed by atoms with Crippen molar-refractivity contribution in [1.29, 1.82) is 0 Å². The third kappa shape index (κ3) is 16.2. The number of unbranched alkanes of at least 4 members (excludes halogenated alkanes) is 8. The molecule has 0 rings (SSSR count). The molecule has 0 heterocycles. The fraction of sp³-hybridized carbons (Fsp3) is 1.00. The van der Waals surface area contributed by atoms with Crippen LogP contribution in [0.3, 0.4) is 0 Å². The molecular weight excluding hydrogens is 252 g/mol. The minimum absolute atomic E-state index is 0.891. The van der Waals surface area contributed by atoms with E-state index in [9.17, 15) is 0 Å². The van der Waals surface area contributed by atoms with E-state index >= 15 is 0 Å². The number of hydrogen-bond acceptors (Lipinski definition) is 0. The maximum absolute atomic E-state index is 2.36. The minimum atomic E-state index is 0.891. The molecular formula is C21H44. The second kappa shape index (κ2) is 16.4. The van der Waals surface area contributed by atoms with Gasteiger partial charge in [0.2, 0.25) is 0 Å². The lowest BCUT2D eigenvalue weighted by atomic mass is 9.90. The van der Waals surface area contributed by atoms with E-state index in [4.69, 9.17) is 0 Å². The fourth-order valence-corrected chi connectivity index (χ4v) is 3.39. The molecule has 0 aliphatic rings. The van der Waals surface area contributed by atoms with E-state index in [0.717, 1.165) is 11.8 Å². The third-order valence-electron chi connectivity index (χ3n) is 4.81. The molecule has 0 saturated heterocycles. The van der Waals surface area contributed by atoms with Gasteiger partial charge in [-0.05, 0) is 11.8 Å². The molecule has 1 unspecified atom stereocenters. The molecule has 0 amide bonds. The van der Waals surface area contributed by atoms with E-state index in [1.54, 1.807) is 0 Å². The summed E-state index contributed by atoms with van der Waals surface area (Å²) in [5.74, 6) is 1.92. The standard InChI is InChI=1S/C21H44/c1-5-7-8-9-10-11-12-13-18-21(16-6-2)19-15-14-17-20(3)4/h20-21H,5-19H2,1-4H3. The van der Waals surface area contributed by atoms with E-state index in [1.807, 2.05) is 0 Å². The fourth-order valence-electron chi connectivity index (χ4n) is 3.39. The van der Waals surface area contributed by atoms with Gasteiger partial charge >= 0.3 is 0 Å². The van der Waals surface area contributed by atoms with Crippen molar-refractivity contribution in [1.82, 2.24) is 0 Å². The van der Waals surface area contributed by atoms with Crippen LogP contribution in [-0.2, 0) is 0 Å². The van der Waals surface area contributed by atoms with Crippen molar-refractivity contribution in [3.63, 3.8) is 0 Å². The summed E-state index contributed by atoms with van der Waals surface area (Å²) in [6.07, 6.45) is 21.9. The predicted molar refractivity (Wildman–Crippen MR) is 98.9 cm³/mol. The first-order valence-corrected chi connectivity index (χ1v) is 10.2. The van der Waals surface area contributed by atoms with Crippen molar-refractivity contribution in [2.24, 2.45) is 11.8 Å². The molecule has 128 valence electrons. The van der Waals surface area contributed by atoms with E-state index in [0.29, 0.717) is 0 Å². The van der Waals surface area contributed by atoms with Gasteiger partial charge in [-0.1, -0.05) is 124 Å². The van der Waals surface area contributed by atoms with Gasteiger partial charge < -0.3 is 0 Å². The molecule has 0 spiro atoms. The van der Waals surface area contributed by atoms with Gasteiger partial charge in [-0.15, -0.1) is 0 Å². The minimum Gasteiger partial charge on any atom is -0.0654 e. The summed E-state index contributed by atoms with van der Waals surface area (Å²) in [4.78, 5) is 0. The molecule has 21 heavy (non-hydrogen) atoms. The summed E-state index contributed by atoms with van der Waals surface area (Å²) in [6.45, 7) is 9.36. The van der Waals surface area contributed by atoms with Crippen molar-refractivity contribution in [2.75, 3.05) is 0 Å². The summed E-state index contributed by atoms with van der Waals surface area (Å²) < 4.78 is 0. The van der Waals surface area contributed by atoms with E-state index in [1.165, 1.54) is 96.3 Å². The Labute approximate surface area is 136 Å². The summed E-state index contributed by atoms with van der Waals surface area (Å²) in [6, 6.07) is 0. The van der Waals surface area contributed by atoms with Gasteiger partial charge in [0.25, 0.3) is 0 Å². The van der Waals surface area contributed by atoms with Gasteiger partial charge in [-0.2, -0.15) is 0 Å². The van der Waals surface area contributed by atoms with Crippen molar-refractivity contribution in [3.8, 4) is 0 Å². The molecule has 0 fully saturated rings. The molecule has 0 bridgehead atoms. The maximum atomic E-state index is 2.36. The van der Waals surface area contributed by atoms with E-state index in [-0.39, 0.29) is 0 Å². The van der Waals surface area contributed by atoms with Crippen LogP contribution < -0.4 is 0 Å². The van der Waals surface area contributed by atoms with E-state index < -0.39 is 0 Å². The second-order valence-electron chi connectivity index (χ2n) is 7.60. The molecule has 0 radical (unpaired) electrons. The predicted octanol–water partition coefficient (Wildman–Crippen LogP) is 8.15. The Morgan fingerprint density at radius 2 is 0.952 bits per heavy atom. The van der Waals surface area contributed by atoms with Gasteiger partial charge in [0.15, 0.2) is 0 Å². The topological polar surface area (TPSA) is 0 Å². The average Bonchev–Trinajstić information content (AvgIpc) is 2.46. The molecule has 0 aromatic rings. The van der Waals surface area contributed by atoms with Gasteiger partial charge in [-0.25, -0.2) is 0 Å². The number of hydrogen-bond donors (Lipinski definition) is 0. The largest absolute Gasteiger partial charge is 0.0654 e. The Morgan fingerprint density at radius 3 is 1.48 bits per heavy atom. The Kier molecular flexibility index (Phi) is 16.4. The molecule has 0 N–H and O–H groups in total. The molecule has 0 aromatic carbocycles. The lowest BCUT2D eigenvalue weighted by Crippen LogP contribution is -2.01. The van der Waals surface area contributed by atoms with Crippen molar-refractivity contribution < 1.29 is 0 Å². The van der Waals surface area contributed by atoms with Gasteiger partial charge in [0.05, 0.1) is 0 Å². The lowest BCUT2D eigenvalue weighted by Gasteiger charge is -2.16. The summed E-state index contributed by atoms with van der Waals surface area (Å²) in [5, 5.41) is 0. The Hall–Kier alpha value is 0. The molecule has 0 saturated carbocycles. The Bertz CT molecular complexity index is 182. The number of rotatable bonds is 16. The molecule has 1 atom stereocenters. The first-order chi connectivity index (χ1) is 10.2. The van der Waals surface area contributed by atoms with Crippen LogP contribution in [0.2, 0.25) is 0 Å². The van der Waals surface area contributed by atoms with Gasteiger partial charge in [-0.3, -0.25) is 0 Å². The van der Waals surface area contributed by atoms with Crippen LogP contribution >= 0.6 is 0 Å². The zero-order chi connectivity index (χ0) is 15.8. The van der Waals surface area contributed by atoms with Crippen LogP contribution in [0.25, 0.3) is 0 Å². The van der Waals surface area contributed by atoms with Crippen LogP contribution in [0.5, 0.6) is 0 Å². The first-order valence-electron chi connectivity index (χ1n) is 10.2. The molecule has 0 aromatic heterocycles. The SMILES string of the molecule is CCCCCCCCCCC(CCC)CCCCC(C)C. The van der Waals surface area contributed by atoms with Crippen molar-refractivity contribution in [2.45, 2.75) is 124 Å². The monoisotopic (exact) mass is 296 g/mol. The van der Waals surface area contributed by atoms with Crippen LogP contribution in [0.4, 0.5) is 0 Å². The highest BCUT2D eigenvalue weighted by atomic mass is 14.1. The van der Waals surface area contributed by atoms with Crippen LogP contribution in [0.1, 0.15) is 124 Å². The zero-order valence-corrected chi connectivity index (χ0v) is 15.8. The molecule has 0 heteroatoms. The second-order valence-corrected chi connectivity index (χ2v) is 7.60. The smallest absolute Gasteiger partial charge is 0.0414 e. The summed E-state index contributed by atoms with van der Waals surface area (Å²) in [5.41, 5.74) is 0. The Balaban J connectivity index is 3.46. The highest BCUT2D eigenvalue weighted by Crippen LogP contribution is 2.23. The first kappa shape index (κ1) is 21.0. The van der Waals surface area contributed by atoms with Crippen molar-refractivity contribution in [3.05, 3.63) is 0 Å².